The highest BCUT2D eigenvalue weighted by Crippen LogP contribution is 2.36. The summed E-state index contributed by atoms with van der Waals surface area (Å²) >= 11 is 6.50. The van der Waals surface area contributed by atoms with Crippen LogP contribution in [0.3, 0.4) is 0 Å². The van der Waals surface area contributed by atoms with Crippen molar-refractivity contribution in [3.63, 3.8) is 0 Å². The maximum Gasteiger partial charge on any atom is 0.257 e. The van der Waals surface area contributed by atoms with Crippen LogP contribution < -0.4 is 14.8 Å². The van der Waals surface area contributed by atoms with Gasteiger partial charge in [0, 0.05) is 37.1 Å². The minimum atomic E-state index is -0.223. The molecule has 1 aliphatic carbocycles. The lowest BCUT2D eigenvalue weighted by Gasteiger charge is -2.38. The maximum atomic E-state index is 6.50. The molecule has 1 aromatic carbocycles. The molecule has 1 saturated carbocycles. The SMILES string of the molecule is C[C@@H](Cn1cnnn1)Oc1cc(-c2ccnc(Nc3cn(C4CCC(N5CCOCC5)CC4)nc3OCc3ccccn3)n2)ccc1Cl. The second-order valence-electron chi connectivity index (χ2n) is 12.0. The van der Waals surface area contributed by atoms with Crippen molar-refractivity contribution < 1.29 is 14.2 Å². The van der Waals surface area contributed by atoms with Gasteiger partial charge in [-0.25, -0.2) is 14.6 Å². The molecule has 7 rings (SSSR count). The number of pyridine rings is 1. The van der Waals surface area contributed by atoms with Crippen LogP contribution in [0.1, 0.15) is 44.3 Å². The molecule has 0 amide bonds. The van der Waals surface area contributed by atoms with Crippen LogP contribution in [0.15, 0.2) is 67.4 Å². The van der Waals surface area contributed by atoms with Gasteiger partial charge in [-0.15, -0.1) is 10.2 Å². The number of anilines is 2. The number of hydrogen-bond donors (Lipinski definition) is 1. The summed E-state index contributed by atoms with van der Waals surface area (Å²) in [5.41, 5.74) is 3.03. The smallest absolute Gasteiger partial charge is 0.257 e. The lowest BCUT2D eigenvalue weighted by Crippen LogP contribution is -2.45. The minimum absolute atomic E-state index is 0.223. The van der Waals surface area contributed by atoms with Crippen molar-refractivity contribution in [3.05, 3.63) is 78.1 Å². The molecule has 15 heteroatoms. The number of benzene rings is 1. The zero-order chi connectivity index (χ0) is 32.7. The van der Waals surface area contributed by atoms with E-state index in [-0.39, 0.29) is 18.8 Å². The van der Waals surface area contributed by atoms with E-state index in [1.807, 2.05) is 54.2 Å². The van der Waals surface area contributed by atoms with Crippen LogP contribution in [0.25, 0.3) is 11.3 Å². The van der Waals surface area contributed by atoms with Crippen LogP contribution >= 0.6 is 11.6 Å². The molecule has 0 bridgehead atoms. The Kier molecular flexibility index (Phi) is 10.0. The molecule has 4 aromatic heterocycles. The van der Waals surface area contributed by atoms with Gasteiger partial charge in [-0.3, -0.25) is 14.6 Å². The largest absolute Gasteiger partial charge is 0.487 e. The van der Waals surface area contributed by atoms with Crippen LogP contribution in [-0.4, -0.2) is 88.3 Å². The molecule has 2 fully saturated rings. The molecular formula is C33H38ClN11O3. The minimum Gasteiger partial charge on any atom is -0.487 e. The van der Waals surface area contributed by atoms with Crippen LogP contribution in [0.2, 0.25) is 5.02 Å². The number of aromatic nitrogens is 9. The second kappa shape index (κ2) is 15.0. The Hall–Kier alpha value is -4.66. The predicted molar refractivity (Wildman–Crippen MR) is 178 cm³/mol. The molecule has 0 radical (unpaired) electrons. The van der Waals surface area contributed by atoms with E-state index < -0.39 is 0 Å². The predicted octanol–water partition coefficient (Wildman–Crippen LogP) is 4.98. The van der Waals surface area contributed by atoms with E-state index in [0.29, 0.717) is 46.6 Å². The normalized spacial score (nSPS) is 19.1. The van der Waals surface area contributed by atoms with Crippen molar-refractivity contribution >= 4 is 23.2 Å². The Morgan fingerprint density at radius 3 is 2.67 bits per heavy atom. The van der Waals surface area contributed by atoms with Gasteiger partial charge < -0.3 is 19.5 Å². The monoisotopic (exact) mass is 671 g/mol. The molecule has 1 saturated heterocycles. The molecule has 5 aromatic rings. The molecular weight excluding hydrogens is 634 g/mol. The first-order valence-electron chi connectivity index (χ1n) is 16.3. The van der Waals surface area contributed by atoms with Gasteiger partial charge in [-0.2, -0.15) is 0 Å². The highest BCUT2D eigenvalue weighted by atomic mass is 35.5. The fourth-order valence-corrected chi connectivity index (χ4v) is 6.41. The highest BCUT2D eigenvalue weighted by molar-refractivity contribution is 6.32. The van der Waals surface area contributed by atoms with E-state index in [1.54, 1.807) is 29.5 Å². The van der Waals surface area contributed by atoms with E-state index in [2.05, 4.69) is 35.7 Å². The molecule has 1 aliphatic heterocycles. The van der Waals surface area contributed by atoms with Crippen molar-refractivity contribution in [2.24, 2.45) is 0 Å². The Morgan fingerprint density at radius 1 is 1.02 bits per heavy atom. The Labute approximate surface area is 283 Å². The number of ether oxygens (including phenoxy) is 3. The summed E-state index contributed by atoms with van der Waals surface area (Å²) in [5, 5.41) is 20.0. The van der Waals surface area contributed by atoms with E-state index in [1.165, 1.54) is 0 Å². The number of rotatable bonds is 12. The summed E-state index contributed by atoms with van der Waals surface area (Å²) in [4.78, 5) is 16.3. The summed E-state index contributed by atoms with van der Waals surface area (Å²) in [6, 6.07) is 14.1. The first kappa shape index (κ1) is 31.9. The van der Waals surface area contributed by atoms with Gasteiger partial charge in [0.2, 0.25) is 5.95 Å². The van der Waals surface area contributed by atoms with E-state index in [4.69, 9.17) is 35.9 Å². The average Bonchev–Trinajstić information content (AvgIpc) is 3.79. The Balaban J connectivity index is 1.08. The van der Waals surface area contributed by atoms with Crippen molar-refractivity contribution in [2.45, 2.75) is 63.9 Å². The van der Waals surface area contributed by atoms with Crippen LogP contribution in [0, 0.1) is 0 Å². The first-order chi connectivity index (χ1) is 23.6. The first-order valence-corrected chi connectivity index (χ1v) is 16.7. The molecule has 2 aliphatic rings. The van der Waals surface area contributed by atoms with Crippen molar-refractivity contribution in [3.8, 4) is 22.9 Å². The molecule has 5 heterocycles. The van der Waals surface area contributed by atoms with Gasteiger partial charge in [0.25, 0.3) is 5.88 Å². The Bertz CT molecular complexity index is 1760. The van der Waals surface area contributed by atoms with Crippen LogP contribution in [0.5, 0.6) is 11.6 Å². The number of nitrogens with zero attached hydrogens (tertiary/aromatic N) is 10. The lowest BCUT2D eigenvalue weighted by molar-refractivity contribution is 0.00502. The number of hydrogen-bond acceptors (Lipinski definition) is 12. The van der Waals surface area contributed by atoms with Gasteiger partial charge in [0.05, 0.1) is 48.4 Å². The number of morpholine rings is 1. The van der Waals surface area contributed by atoms with Gasteiger partial charge in [-0.1, -0.05) is 23.7 Å². The molecule has 0 spiro atoms. The molecule has 0 unspecified atom stereocenters. The van der Waals surface area contributed by atoms with Crippen LogP contribution in [-0.2, 0) is 17.9 Å². The van der Waals surface area contributed by atoms with E-state index >= 15 is 0 Å². The summed E-state index contributed by atoms with van der Waals surface area (Å²) < 4.78 is 21.6. The molecule has 1 N–H and O–H groups in total. The lowest BCUT2D eigenvalue weighted by atomic mass is 9.90. The fourth-order valence-electron chi connectivity index (χ4n) is 6.25. The standard InChI is InChI=1S/C33H38ClN11O3/c1-23(19-44-22-37-41-42-44)48-31-18-24(5-10-28(31)34)29-11-13-36-33(38-29)39-30-20-45(40-32(30)47-21-25-4-2-3-12-35-25)27-8-6-26(7-9-27)43-14-16-46-17-15-43/h2-5,10-13,18,20,22-23,26-27H,6-9,14-17,19,21H2,1H3,(H,36,38,39)/t23-,26?,27?/m0/s1. The highest BCUT2D eigenvalue weighted by Gasteiger charge is 2.29. The third-order valence-corrected chi connectivity index (χ3v) is 8.99. The second-order valence-corrected chi connectivity index (χ2v) is 12.5. The van der Waals surface area contributed by atoms with Crippen molar-refractivity contribution in [1.82, 2.24) is 49.8 Å². The van der Waals surface area contributed by atoms with Crippen LogP contribution in [0.4, 0.5) is 11.6 Å². The summed E-state index contributed by atoms with van der Waals surface area (Å²) in [6.07, 6.45) is 11.1. The average molecular weight is 672 g/mol. The van der Waals surface area contributed by atoms with Crippen molar-refractivity contribution in [1.29, 1.82) is 0 Å². The number of halogens is 1. The zero-order valence-corrected chi connectivity index (χ0v) is 27.5. The number of nitrogens with one attached hydrogen (secondary N) is 1. The van der Waals surface area contributed by atoms with Gasteiger partial charge >= 0.3 is 0 Å². The molecule has 48 heavy (non-hydrogen) atoms. The van der Waals surface area contributed by atoms with E-state index in [0.717, 1.165) is 63.2 Å². The quantitative estimate of drug-likeness (QED) is 0.191. The Morgan fingerprint density at radius 2 is 1.88 bits per heavy atom. The van der Waals surface area contributed by atoms with Crippen molar-refractivity contribution in [2.75, 3.05) is 31.6 Å². The summed E-state index contributed by atoms with van der Waals surface area (Å²) in [5.74, 6) is 1.43. The third-order valence-electron chi connectivity index (χ3n) is 8.68. The third kappa shape index (κ3) is 7.89. The molecule has 14 nitrogen and oxygen atoms in total. The molecule has 250 valence electrons. The summed E-state index contributed by atoms with van der Waals surface area (Å²) in [7, 11) is 0. The zero-order valence-electron chi connectivity index (χ0n) is 26.7. The van der Waals surface area contributed by atoms with Gasteiger partial charge in [0.15, 0.2) is 0 Å². The summed E-state index contributed by atoms with van der Waals surface area (Å²) in [6.45, 7) is 6.37. The molecule has 1 atom stereocenters. The maximum absolute atomic E-state index is 6.50. The topological polar surface area (TPSA) is 143 Å². The van der Waals surface area contributed by atoms with E-state index in [9.17, 15) is 0 Å². The van der Waals surface area contributed by atoms with Gasteiger partial charge in [0.1, 0.15) is 30.5 Å². The van der Waals surface area contributed by atoms with Gasteiger partial charge in [-0.05, 0) is 73.4 Å². The fraction of sp³-hybridized carbons (Fsp3) is 0.424. The number of tetrazole rings is 1.